The molecule has 0 bridgehead atoms. The van der Waals surface area contributed by atoms with E-state index >= 15 is 0 Å². The third-order valence-electron chi connectivity index (χ3n) is 6.26. The zero-order valence-corrected chi connectivity index (χ0v) is 23.4. The van der Waals surface area contributed by atoms with Gasteiger partial charge >= 0.3 is 6.18 Å². The van der Waals surface area contributed by atoms with Crippen molar-refractivity contribution in [3.8, 4) is 6.07 Å². The maximum Gasteiger partial charge on any atom is 0.416 e. The molecule has 2 amide bonds. The number of alkyl halides is 3. The standard InChI is InChI=1S/C29H24ClF3N4O3S/c1-3-17-6-9-19(10-7-17)36-24(38)15-41-28-20(14-34)26(23-5-4-12-40-23)25(16(2)35-28)27(39)37-22-13-18(29(31,32)33)8-11-21(22)30/h4-13,26,35H,3,15H2,1-2H3,(H,36,38)(H,37,39)/t26-/m1/s1. The first kappa shape index (κ1) is 29.8. The highest BCUT2D eigenvalue weighted by atomic mass is 35.5. The summed E-state index contributed by atoms with van der Waals surface area (Å²) < 4.78 is 45.3. The van der Waals surface area contributed by atoms with E-state index in [0.29, 0.717) is 16.4 Å². The minimum Gasteiger partial charge on any atom is -0.468 e. The van der Waals surface area contributed by atoms with Crippen LogP contribution >= 0.6 is 23.4 Å². The minimum atomic E-state index is -4.64. The van der Waals surface area contributed by atoms with Gasteiger partial charge in [-0.05, 0) is 61.4 Å². The van der Waals surface area contributed by atoms with E-state index in [1.54, 1.807) is 19.1 Å². The molecule has 3 aromatic rings. The molecule has 1 aliphatic rings. The van der Waals surface area contributed by atoms with Gasteiger partial charge in [0.05, 0.1) is 56.5 Å². The quantitative estimate of drug-likeness (QED) is 0.252. The molecule has 2 heterocycles. The van der Waals surface area contributed by atoms with Crippen molar-refractivity contribution in [2.75, 3.05) is 16.4 Å². The number of carbonyl (C=O) groups is 2. The Bertz CT molecular complexity index is 1560. The van der Waals surface area contributed by atoms with Gasteiger partial charge in [-0.15, -0.1) is 0 Å². The Labute approximate surface area is 243 Å². The lowest BCUT2D eigenvalue weighted by Gasteiger charge is -2.28. The molecule has 12 heteroatoms. The highest BCUT2D eigenvalue weighted by molar-refractivity contribution is 8.03. The van der Waals surface area contributed by atoms with Crippen molar-refractivity contribution >= 4 is 46.6 Å². The van der Waals surface area contributed by atoms with Gasteiger partial charge in [0.2, 0.25) is 5.91 Å². The fourth-order valence-corrected chi connectivity index (χ4v) is 5.27. The molecule has 0 saturated carbocycles. The predicted octanol–water partition coefficient (Wildman–Crippen LogP) is 7.22. The summed E-state index contributed by atoms with van der Waals surface area (Å²) in [6, 6.07) is 15.3. The molecule has 0 spiro atoms. The molecule has 0 aliphatic carbocycles. The van der Waals surface area contributed by atoms with Crippen molar-refractivity contribution in [3.05, 3.63) is 105 Å². The Morgan fingerprint density at radius 2 is 1.88 bits per heavy atom. The Hall–Kier alpha value is -4.14. The fraction of sp³-hybridized carbons (Fsp3) is 0.207. The second-order valence-electron chi connectivity index (χ2n) is 9.00. The van der Waals surface area contributed by atoms with Gasteiger partial charge in [0.1, 0.15) is 5.76 Å². The number of aryl methyl sites for hydroxylation is 1. The summed E-state index contributed by atoms with van der Waals surface area (Å²) in [6.07, 6.45) is -2.39. The lowest BCUT2D eigenvalue weighted by atomic mass is 9.85. The normalized spacial score (nSPS) is 15.3. The van der Waals surface area contributed by atoms with Crippen LogP contribution in [0.1, 0.15) is 36.7 Å². The first-order chi connectivity index (χ1) is 19.5. The average Bonchev–Trinajstić information content (AvgIpc) is 3.47. The van der Waals surface area contributed by atoms with Crippen LogP contribution < -0.4 is 16.0 Å². The number of furan rings is 1. The molecule has 3 N–H and O–H groups in total. The molecule has 41 heavy (non-hydrogen) atoms. The SMILES string of the molecule is CCc1ccc(NC(=O)CSC2=C(C#N)[C@H](c3ccco3)C(C(=O)Nc3cc(C(F)(F)F)ccc3Cl)=C(C)N2)cc1. The van der Waals surface area contributed by atoms with E-state index in [0.717, 1.165) is 41.9 Å². The summed E-state index contributed by atoms with van der Waals surface area (Å²) in [5.74, 6) is -1.84. The number of nitriles is 1. The van der Waals surface area contributed by atoms with E-state index < -0.39 is 23.6 Å². The van der Waals surface area contributed by atoms with Crippen LogP contribution in [-0.4, -0.2) is 17.6 Å². The lowest BCUT2D eigenvalue weighted by molar-refractivity contribution is -0.137. The van der Waals surface area contributed by atoms with E-state index in [-0.39, 0.29) is 39.3 Å². The molecule has 0 fully saturated rings. The molecule has 1 aromatic heterocycles. The van der Waals surface area contributed by atoms with Gasteiger partial charge in [0.15, 0.2) is 0 Å². The number of dihydropyridines is 1. The number of amides is 2. The van der Waals surface area contributed by atoms with Crippen LogP contribution in [-0.2, 0) is 22.2 Å². The van der Waals surface area contributed by atoms with Gasteiger partial charge in [0, 0.05) is 11.4 Å². The van der Waals surface area contributed by atoms with Crippen LogP contribution in [0.5, 0.6) is 0 Å². The Kier molecular flexibility index (Phi) is 9.15. The van der Waals surface area contributed by atoms with Crippen molar-refractivity contribution < 1.29 is 27.2 Å². The highest BCUT2D eigenvalue weighted by Gasteiger charge is 2.37. The van der Waals surface area contributed by atoms with Crippen LogP contribution in [0.2, 0.25) is 5.02 Å². The molecule has 212 valence electrons. The van der Waals surface area contributed by atoms with Crippen molar-refractivity contribution in [1.29, 1.82) is 5.26 Å². The number of anilines is 2. The summed E-state index contributed by atoms with van der Waals surface area (Å²) in [6.45, 7) is 3.62. The highest BCUT2D eigenvalue weighted by Crippen LogP contribution is 2.42. The molecule has 2 aromatic carbocycles. The molecule has 1 aliphatic heterocycles. The summed E-state index contributed by atoms with van der Waals surface area (Å²) in [4.78, 5) is 26.1. The Morgan fingerprint density at radius 3 is 2.49 bits per heavy atom. The molecule has 0 radical (unpaired) electrons. The van der Waals surface area contributed by atoms with E-state index in [9.17, 15) is 28.0 Å². The number of hydrogen-bond acceptors (Lipinski definition) is 6. The number of nitrogens with one attached hydrogen (secondary N) is 3. The molecule has 0 unspecified atom stereocenters. The molecule has 0 saturated heterocycles. The van der Waals surface area contributed by atoms with Gasteiger partial charge in [0.25, 0.3) is 5.91 Å². The van der Waals surface area contributed by atoms with Crippen molar-refractivity contribution in [1.82, 2.24) is 5.32 Å². The zero-order valence-electron chi connectivity index (χ0n) is 21.9. The fourth-order valence-electron chi connectivity index (χ4n) is 4.21. The number of benzene rings is 2. The van der Waals surface area contributed by atoms with Crippen LogP contribution in [0.3, 0.4) is 0 Å². The summed E-state index contributed by atoms with van der Waals surface area (Å²) in [5, 5.41) is 18.6. The summed E-state index contributed by atoms with van der Waals surface area (Å²) in [5.41, 5.74) is 1.03. The molecule has 1 atom stereocenters. The monoisotopic (exact) mass is 600 g/mol. The van der Waals surface area contributed by atoms with Crippen molar-refractivity contribution in [2.45, 2.75) is 32.4 Å². The third kappa shape index (κ3) is 6.96. The van der Waals surface area contributed by atoms with Gasteiger partial charge in [-0.25, -0.2) is 0 Å². The molecule has 7 nitrogen and oxygen atoms in total. The first-order valence-corrected chi connectivity index (χ1v) is 13.7. The minimum absolute atomic E-state index is 0.0391. The number of thioether (sulfide) groups is 1. The van der Waals surface area contributed by atoms with Crippen LogP contribution in [0.4, 0.5) is 24.5 Å². The first-order valence-electron chi connectivity index (χ1n) is 12.4. The Balaban J connectivity index is 1.59. The van der Waals surface area contributed by atoms with Crippen LogP contribution in [0, 0.1) is 11.3 Å². The number of allylic oxidation sites excluding steroid dienone is 2. The number of hydrogen-bond donors (Lipinski definition) is 3. The molecule has 4 rings (SSSR count). The third-order valence-corrected chi connectivity index (χ3v) is 7.60. The second-order valence-corrected chi connectivity index (χ2v) is 10.4. The Morgan fingerprint density at radius 1 is 1.15 bits per heavy atom. The maximum atomic E-state index is 13.5. The summed E-state index contributed by atoms with van der Waals surface area (Å²) >= 11 is 7.16. The number of halogens is 4. The second kappa shape index (κ2) is 12.6. The van der Waals surface area contributed by atoms with E-state index in [2.05, 4.69) is 22.0 Å². The number of carbonyl (C=O) groups excluding carboxylic acids is 2. The smallest absolute Gasteiger partial charge is 0.416 e. The maximum absolute atomic E-state index is 13.5. The van der Waals surface area contributed by atoms with Gasteiger partial charge < -0.3 is 20.4 Å². The van der Waals surface area contributed by atoms with Gasteiger partial charge in [-0.3, -0.25) is 9.59 Å². The van der Waals surface area contributed by atoms with E-state index in [4.69, 9.17) is 16.0 Å². The van der Waals surface area contributed by atoms with E-state index in [1.807, 2.05) is 31.2 Å². The largest absolute Gasteiger partial charge is 0.468 e. The molecular weight excluding hydrogens is 577 g/mol. The van der Waals surface area contributed by atoms with Crippen molar-refractivity contribution in [2.24, 2.45) is 0 Å². The van der Waals surface area contributed by atoms with Gasteiger partial charge in [-0.2, -0.15) is 18.4 Å². The van der Waals surface area contributed by atoms with Gasteiger partial charge in [-0.1, -0.05) is 42.4 Å². The average molecular weight is 601 g/mol. The zero-order chi connectivity index (χ0) is 29.7. The van der Waals surface area contributed by atoms with Crippen LogP contribution in [0.15, 0.2) is 87.1 Å². The molecular formula is C29H24ClF3N4O3S. The lowest BCUT2D eigenvalue weighted by Crippen LogP contribution is -2.31. The number of nitrogens with zero attached hydrogens (tertiary/aromatic N) is 1. The summed E-state index contributed by atoms with van der Waals surface area (Å²) in [7, 11) is 0. The topological polar surface area (TPSA) is 107 Å². The predicted molar refractivity (Wildman–Crippen MR) is 152 cm³/mol. The van der Waals surface area contributed by atoms with E-state index in [1.165, 1.54) is 6.26 Å². The number of rotatable bonds is 8. The van der Waals surface area contributed by atoms with Crippen LogP contribution in [0.25, 0.3) is 0 Å². The van der Waals surface area contributed by atoms with Crippen molar-refractivity contribution in [3.63, 3.8) is 0 Å².